The van der Waals surface area contributed by atoms with Crippen LogP contribution in [-0.2, 0) is 4.79 Å². The smallest absolute Gasteiger partial charge is 0.238 e. The van der Waals surface area contributed by atoms with Gasteiger partial charge in [-0.15, -0.1) is 0 Å². The van der Waals surface area contributed by atoms with Gasteiger partial charge in [-0.05, 0) is 32.3 Å². The predicted molar refractivity (Wildman–Crippen MR) is 74.2 cm³/mol. The minimum atomic E-state index is -0.449. The molecule has 0 saturated heterocycles. The molecule has 0 unspecified atom stereocenters. The van der Waals surface area contributed by atoms with Crippen molar-refractivity contribution in [1.82, 2.24) is 10.2 Å². The van der Waals surface area contributed by atoms with Gasteiger partial charge in [0.2, 0.25) is 5.91 Å². The van der Waals surface area contributed by atoms with E-state index in [1.165, 1.54) is 12.1 Å². The number of nitrogens with zero attached hydrogens (tertiary/aromatic N) is 1. The molecule has 0 heterocycles. The number of hydrogen-bond donors (Lipinski definition) is 2. The molecule has 0 aliphatic carbocycles. The van der Waals surface area contributed by atoms with Gasteiger partial charge in [-0.3, -0.25) is 9.69 Å². The first-order chi connectivity index (χ1) is 8.52. The van der Waals surface area contributed by atoms with E-state index in [4.69, 9.17) is 0 Å². The Hall–Kier alpha value is -0.980. The van der Waals surface area contributed by atoms with E-state index >= 15 is 0 Å². The quantitative estimate of drug-likeness (QED) is 0.839. The summed E-state index contributed by atoms with van der Waals surface area (Å²) in [7, 11) is 3.69. The van der Waals surface area contributed by atoms with Crippen molar-refractivity contribution in [1.29, 1.82) is 0 Å². The molecule has 1 aromatic carbocycles. The summed E-state index contributed by atoms with van der Waals surface area (Å²) in [6, 6.07) is 4.54. The molecule has 2 N–H and O–H groups in total. The van der Waals surface area contributed by atoms with Crippen LogP contribution in [0.4, 0.5) is 10.1 Å². The van der Waals surface area contributed by atoms with Crippen molar-refractivity contribution in [3.05, 3.63) is 28.5 Å². The Morgan fingerprint density at radius 2 is 2.22 bits per heavy atom. The van der Waals surface area contributed by atoms with Gasteiger partial charge in [-0.2, -0.15) is 0 Å². The average molecular weight is 318 g/mol. The van der Waals surface area contributed by atoms with Crippen LogP contribution in [0.25, 0.3) is 0 Å². The minimum Gasteiger partial charge on any atom is -0.322 e. The lowest BCUT2D eigenvalue weighted by molar-refractivity contribution is -0.117. The fourth-order valence-electron chi connectivity index (χ4n) is 1.41. The SMILES string of the molecule is CNCCN(C)CC(=O)Nc1ccc(Br)cc1F. The first kappa shape index (κ1) is 15.1. The minimum absolute atomic E-state index is 0.199. The van der Waals surface area contributed by atoms with Crippen LogP contribution in [0.2, 0.25) is 0 Å². The Labute approximate surface area is 115 Å². The predicted octanol–water partition coefficient (Wildman–Crippen LogP) is 1.68. The number of amides is 1. The maximum absolute atomic E-state index is 13.5. The largest absolute Gasteiger partial charge is 0.322 e. The van der Waals surface area contributed by atoms with Gasteiger partial charge >= 0.3 is 0 Å². The lowest BCUT2D eigenvalue weighted by Gasteiger charge is -2.16. The molecular weight excluding hydrogens is 301 g/mol. The molecule has 4 nitrogen and oxygen atoms in total. The molecule has 0 fully saturated rings. The summed E-state index contributed by atoms with van der Waals surface area (Å²) >= 11 is 3.16. The summed E-state index contributed by atoms with van der Waals surface area (Å²) < 4.78 is 14.1. The summed E-state index contributed by atoms with van der Waals surface area (Å²) in [6.45, 7) is 1.79. The number of halogens is 2. The maximum atomic E-state index is 13.5. The Bertz CT molecular complexity index is 414. The Balaban J connectivity index is 2.49. The third-order valence-corrected chi connectivity index (χ3v) is 2.86. The molecule has 6 heteroatoms. The number of hydrogen-bond acceptors (Lipinski definition) is 3. The van der Waals surface area contributed by atoms with Gasteiger partial charge in [0.25, 0.3) is 0 Å². The number of likely N-dealkylation sites (N-methyl/N-ethyl adjacent to an activating group) is 2. The average Bonchev–Trinajstić information content (AvgIpc) is 2.30. The van der Waals surface area contributed by atoms with E-state index in [9.17, 15) is 9.18 Å². The van der Waals surface area contributed by atoms with Crippen molar-refractivity contribution in [2.45, 2.75) is 0 Å². The first-order valence-electron chi connectivity index (χ1n) is 5.61. The van der Waals surface area contributed by atoms with Gasteiger partial charge in [-0.1, -0.05) is 15.9 Å². The van der Waals surface area contributed by atoms with E-state index < -0.39 is 5.82 Å². The Morgan fingerprint density at radius 3 is 2.83 bits per heavy atom. The zero-order valence-electron chi connectivity index (χ0n) is 10.5. The molecule has 1 amide bonds. The summed E-state index contributed by atoms with van der Waals surface area (Å²) in [5.74, 6) is -0.676. The fourth-order valence-corrected chi connectivity index (χ4v) is 1.74. The molecule has 0 spiro atoms. The highest BCUT2D eigenvalue weighted by Crippen LogP contribution is 2.19. The van der Waals surface area contributed by atoms with Crippen LogP contribution in [0.5, 0.6) is 0 Å². The van der Waals surface area contributed by atoms with E-state index in [-0.39, 0.29) is 18.1 Å². The van der Waals surface area contributed by atoms with Crippen molar-refractivity contribution >= 4 is 27.5 Å². The fraction of sp³-hybridized carbons (Fsp3) is 0.417. The summed E-state index contributed by atoms with van der Waals surface area (Å²) in [6.07, 6.45) is 0. The molecule has 18 heavy (non-hydrogen) atoms. The summed E-state index contributed by atoms with van der Waals surface area (Å²) in [4.78, 5) is 13.5. The molecule has 0 aliphatic rings. The maximum Gasteiger partial charge on any atom is 0.238 e. The van der Waals surface area contributed by atoms with Crippen LogP contribution in [0.15, 0.2) is 22.7 Å². The Morgan fingerprint density at radius 1 is 1.50 bits per heavy atom. The lowest BCUT2D eigenvalue weighted by atomic mass is 10.3. The number of anilines is 1. The zero-order valence-corrected chi connectivity index (χ0v) is 12.1. The first-order valence-corrected chi connectivity index (χ1v) is 6.40. The van der Waals surface area contributed by atoms with Crippen molar-refractivity contribution in [2.75, 3.05) is 39.0 Å². The molecule has 0 radical (unpaired) electrons. The van der Waals surface area contributed by atoms with Gasteiger partial charge in [0, 0.05) is 17.6 Å². The van der Waals surface area contributed by atoms with E-state index in [1.807, 2.05) is 19.0 Å². The van der Waals surface area contributed by atoms with Crippen LogP contribution in [0, 0.1) is 5.82 Å². The summed E-state index contributed by atoms with van der Waals surface area (Å²) in [5.41, 5.74) is 0.199. The number of nitrogens with one attached hydrogen (secondary N) is 2. The van der Waals surface area contributed by atoms with Crippen LogP contribution in [-0.4, -0.2) is 44.5 Å². The van der Waals surface area contributed by atoms with Crippen molar-refractivity contribution < 1.29 is 9.18 Å². The molecular formula is C12H17BrFN3O. The molecule has 0 atom stereocenters. The van der Waals surface area contributed by atoms with Gasteiger partial charge < -0.3 is 10.6 Å². The number of carbonyl (C=O) groups excluding carboxylic acids is 1. The Kier molecular flexibility index (Phi) is 6.24. The standard InChI is InChI=1S/C12H17BrFN3O/c1-15-5-6-17(2)8-12(18)16-11-4-3-9(13)7-10(11)14/h3-4,7,15H,5-6,8H2,1-2H3,(H,16,18). The van der Waals surface area contributed by atoms with Crippen LogP contribution in [0.3, 0.4) is 0 Å². The highest BCUT2D eigenvalue weighted by molar-refractivity contribution is 9.10. The lowest BCUT2D eigenvalue weighted by Crippen LogP contribution is -2.34. The van der Waals surface area contributed by atoms with Crippen LogP contribution >= 0.6 is 15.9 Å². The monoisotopic (exact) mass is 317 g/mol. The molecule has 1 rings (SSSR count). The zero-order chi connectivity index (χ0) is 13.5. The third kappa shape index (κ3) is 5.12. The topological polar surface area (TPSA) is 44.4 Å². The van der Waals surface area contributed by atoms with Gasteiger partial charge in [-0.25, -0.2) is 4.39 Å². The second kappa shape index (κ2) is 7.45. The second-order valence-electron chi connectivity index (χ2n) is 4.01. The number of rotatable bonds is 6. The third-order valence-electron chi connectivity index (χ3n) is 2.36. The van der Waals surface area contributed by atoms with Gasteiger partial charge in [0.05, 0.1) is 12.2 Å². The van der Waals surface area contributed by atoms with E-state index in [2.05, 4.69) is 26.6 Å². The van der Waals surface area contributed by atoms with Crippen LogP contribution in [0.1, 0.15) is 0 Å². The molecule has 0 aromatic heterocycles. The number of carbonyl (C=O) groups is 1. The molecule has 1 aromatic rings. The second-order valence-corrected chi connectivity index (χ2v) is 4.93. The molecule has 0 bridgehead atoms. The molecule has 0 saturated carbocycles. The van der Waals surface area contributed by atoms with E-state index in [1.54, 1.807) is 6.07 Å². The van der Waals surface area contributed by atoms with E-state index in [0.29, 0.717) is 4.47 Å². The van der Waals surface area contributed by atoms with Crippen molar-refractivity contribution in [3.63, 3.8) is 0 Å². The summed E-state index contributed by atoms with van der Waals surface area (Å²) in [5, 5.41) is 5.55. The van der Waals surface area contributed by atoms with Gasteiger partial charge in [0.1, 0.15) is 5.82 Å². The number of benzene rings is 1. The van der Waals surface area contributed by atoms with Crippen molar-refractivity contribution in [3.8, 4) is 0 Å². The van der Waals surface area contributed by atoms with Crippen molar-refractivity contribution in [2.24, 2.45) is 0 Å². The van der Waals surface area contributed by atoms with Crippen LogP contribution < -0.4 is 10.6 Å². The molecule has 100 valence electrons. The van der Waals surface area contributed by atoms with Gasteiger partial charge in [0.15, 0.2) is 0 Å². The van der Waals surface area contributed by atoms with E-state index in [0.717, 1.165) is 13.1 Å². The normalized spacial score (nSPS) is 10.7. The highest BCUT2D eigenvalue weighted by Gasteiger charge is 2.09. The molecule has 0 aliphatic heterocycles. The highest BCUT2D eigenvalue weighted by atomic mass is 79.9.